The maximum absolute atomic E-state index is 10.2. The van der Waals surface area contributed by atoms with Gasteiger partial charge in [0.15, 0.2) is 11.5 Å². The number of benzene rings is 1. The molecule has 150 valence electrons. The van der Waals surface area contributed by atoms with E-state index in [1.807, 2.05) is 17.2 Å². The summed E-state index contributed by atoms with van der Waals surface area (Å²) in [6.07, 6.45) is 6.39. The summed E-state index contributed by atoms with van der Waals surface area (Å²) in [5, 5.41) is 15.4. The summed E-state index contributed by atoms with van der Waals surface area (Å²) in [6, 6.07) is 1.93. The van der Waals surface area contributed by atoms with Crippen LogP contribution in [-0.2, 0) is 16.8 Å². The van der Waals surface area contributed by atoms with E-state index in [0.29, 0.717) is 37.0 Å². The van der Waals surface area contributed by atoms with Crippen molar-refractivity contribution in [3.8, 4) is 11.5 Å². The fourth-order valence-electron chi connectivity index (χ4n) is 4.32. The van der Waals surface area contributed by atoms with Crippen molar-refractivity contribution >= 4 is 33.3 Å². The fraction of sp³-hybridized carbons (Fsp3) is 0.450. The van der Waals surface area contributed by atoms with Gasteiger partial charge in [0.2, 0.25) is 0 Å². The number of nitrogens with zero attached hydrogens (tertiary/aromatic N) is 1. The van der Waals surface area contributed by atoms with Gasteiger partial charge in [0, 0.05) is 29.5 Å². The molecule has 0 fully saturated rings. The zero-order valence-corrected chi connectivity index (χ0v) is 18.0. The van der Waals surface area contributed by atoms with Gasteiger partial charge in [-0.1, -0.05) is 34.2 Å². The predicted octanol–water partition coefficient (Wildman–Crippen LogP) is 2.98. The van der Waals surface area contributed by atoms with E-state index in [0.717, 1.165) is 27.8 Å². The van der Waals surface area contributed by atoms with E-state index in [1.54, 1.807) is 13.2 Å². The van der Waals surface area contributed by atoms with Crippen LogP contribution >= 0.6 is 28.1 Å². The van der Waals surface area contributed by atoms with Gasteiger partial charge in [0.25, 0.3) is 5.17 Å². The number of aliphatic hydroxyl groups excluding tert-OH is 1. The predicted molar refractivity (Wildman–Crippen MR) is 113 cm³/mol. The van der Waals surface area contributed by atoms with E-state index in [2.05, 4.69) is 33.9 Å². The Morgan fingerprint density at radius 1 is 1.61 bits per heavy atom. The molecule has 3 atom stereocenters. The van der Waals surface area contributed by atoms with Crippen molar-refractivity contribution in [2.75, 3.05) is 20.2 Å². The first kappa shape index (κ1) is 19.7. The molecule has 1 aromatic carbocycles. The minimum absolute atomic E-state index is 0.143. The van der Waals surface area contributed by atoms with Crippen molar-refractivity contribution in [1.82, 2.24) is 10.4 Å². The Bertz CT molecular complexity index is 846. The Morgan fingerprint density at radius 2 is 2.43 bits per heavy atom. The van der Waals surface area contributed by atoms with Crippen LogP contribution in [0.1, 0.15) is 24.0 Å². The molecule has 6 nitrogen and oxygen atoms in total. The van der Waals surface area contributed by atoms with E-state index in [4.69, 9.17) is 26.5 Å². The van der Waals surface area contributed by atoms with Crippen LogP contribution in [-0.4, -0.2) is 47.8 Å². The lowest BCUT2D eigenvalue weighted by Crippen LogP contribution is -2.43. The first-order valence-electron chi connectivity index (χ1n) is 9.24. The monoisotopic (exact) mass is 466 g/mol. The van der Waals surface area contributed by atoms with Crippen LogP contribution in [0.4, 0.5) is 0 Å². The van der Waals surface area contributed by atoms with Gasteiger partial charge in [0.05, 0.1) is 25.2 Å². The third-order valence-corrected chi connectivity index (χ3v) is 6.53. The summed E-state index contributed by atoms with van der Waals surface area (Å²) >= 11 is 8.99. The smallest absolute Gasteiger partial charge is 0.278 e. The van der Waals surface area contributed by atoms with Gasteiger partial charge < -0.3 is 24.7 Å². The first-order valence-corrected chi connectivity index (χ1v) is 10.4. The molecule has 0 bridgehead atoms. The molecule has 1 aliphatic carbocycles. The SMILES string of the molecule is C=CCNC(=S)ON1CC[C@@]23C=C[C@@H](O)C[C@@H]2Oc2c(OC)cc(Br)c(c23)C1. The Hall–Kier alpha value is -1.61. The highest BCUT2D eigenvalue weighted by molar-refractivity contribution is 9.10. The van der Waals surface area contributed by atoms with Crippen LogP contribution in [0.2, 0.25) is 0 Å². The lowest BCUT2D eigenvalue weighted by atomic mass is 9.69. The molecule has 1 spiro atoms. The number of hydrogen-bond donors (Lipinski definition) is 2. The van der Waals surface area contributed by atoms with E-state index in [9.17, 15) is 5.11 Å². The van der Waals surface area contributed by atoms with Crippen molar-refractivity contribution in [1.29, 1.82) is 0 Å². The van der Waals surface area contributed by atoms with Crippen molar-refractivity contribution in [3.05, 3.63) is 46.5 Å². The number of halogens is 1. The first-order chi connectivity index (χ1) is 13.5. The van der Waals surface area contributed by atoms with Crippen molar-refractivity contribution < 1.29 is 19.4 Å². The summed E-state index contributed by atoms with van der Waals surface area (Å²) < 4.78 is 12.9. The second-order valence-electron chi connectivity index (χ2n) is 7.21. The molecule has 2 aliphatic heterocycles. The molecular formula is C20H23BrN2O4S. The highest BCUT2D eigenvalue weighted by atomic mass is 79.9. The number of aliphatic hydroxyl groups is 1. The van der Waals surface area contributed by atoms with E-state index in [1.165, 1.54) is 0 Å². The molecule has 8 heteroatoms. The Morgan fingerprint density at radius 3 is 3.18 bits per heavy atom. The molecule has 3 aliphatic rings. The number of rotatable bonds is 4. The average Bonchev–Trinajstić information content (AvgIpc) is 2.91. The second-order valence-corrected chi connectivity index (χ2v) is 8.44. The molecule has 2 N–H and O–H groups in total. The van der Waals surface area contributed by atoms with Crippen molar-refractivity contribution in [2.45, 2.75) is 37.0 Å². The van der Waals surface area contributed by atoms with Gasteiger partial charge in [-0.25, -0.2) is 0 Å². The number of hydrogen-bond acceptors (Lipinski definition) is 6. The van der Waals surface area contributed by atoms with E-state index in [-0.39, 0.29) is 11.5 Å². The quantitative estimate of drug-likeness (QED) is 0.522. The zero-order valence-electron chi connectivity index (χ0n) is 15.6. The Labute approximate surface area is 178 Å². The summed E-state index contributed by atoms with van der Waals surface area (Å²) in [5.41, 5.74) is 1.88. The lowest BCUT2D eigenvalue weighted by Gasteiger charge is -2.35. The molecule has 0 aromatic heterocycles. The van der Waals surface area contributed by atoms with Gasteiger partial charge in [-0.05, 0) is 30.3 Å². The highest BCUT2D eigenvalue weighted by Gasteiger charge is 2.53. The third kappa shape index (κ3) is 3.22. The molecule has 2 heterocycles. The van der Waals surface area contributed by atoms with E-state index < -0.39 is 6.10 Å². The summed E-state index contributed by atoms with van der Waals surface area (Å²) in [6.45, 7) is 5.45. The van der Waals surface area contributed by atoms with Gasteiger partial charge in [0.1, 0.15) is 6.10 Å². The summed E-state index contributed by atoms with van der Waals surface area (Å²) in [4.78, 5) is 5.89. The molecule has 0 unspecified atom stereocenters. The highest BCUT2D eigenvalue weighted by Crippen LogP contribution is 2.57. The van der Waals surface area contributed by atoms with Crippen LogP contribution in [0.15, 0.2) is 35.3 Å². The van der Waals surface area contributed by atoms with Gasteiger partial charge in [-0.3, -0.25) is 0 Å². The summed E-state index contributed by atoms with van der Waals surface area (Å²) in [5.74, 6) is 1.46. The van der Waals surface area contributed by atoms with E-state index >= 15 is 0 Å². The van der Waals surface area contributed by atoms with Gasteiger partial charge in [-0.15, -0.1) is 11.6 Å². The molecule has 0 saturated carbocycles. The zero-order chi connectivity index (χ0) is 19.9. The largest absolute Gasteiger partial charge is 0.493 e. The number of hydroxylamine groups is 2. The van der Waals surface area contributed by atoms with Crippen LogP contribution < -0.4 is 14.8 Å². The normalized spacial score (nSPS) is 27.8. The van der Waals surface area contributed by atoms with Gasteiger partial charge >= 0.3 is 0 Å². The number of methoxy groups -OCH3 is 1. The van der Waals surface area contributed by atoms with Crippen molar-refractivity contribution in [3.63, 3.8) is 0 Å². The fourth-order valence-corrected chi connectivity index (χ4v) is 5.04. The maximum Gasteiger partial charge on any atom is 0.278 e. The standard InChI is InChI=1S/C20H23BrN2O4S/c1-3-7-22-19(28)27-23-8-6-20-5-4-12(24)9-16(20)26-18-15(25-2)10-14(21)13(11-23)17(18)20/h3-5,10,12,16,24H,1,6-9,11H2,2H3,(H,22,28)/t12-,16+,20+/m1/s1. The minimum Gasteiger partial charge on any atom is -0.493 e. The van der Waals surface area contributed by atoms with Crippen LogP contribution in [0, 0.1) is 0 Å². The molecular weight excluding hydrogens is 444 g/mol. The topological polar surface area (TPSA) is 63.2 Å². The Kier molecular flexibility index (Phi) is 5.39. The van der Waals surface area contributed by atoms with Crippen LogP contribution in [0.5, 0.6) is 11.5 Å². The van der Waals surface area contributed by atoms with Gasteiger partial charge in [-0.2, -0.15) is 0 Å². The molecule has 0 radical (unpaired) electrons. The third-order valence-electron chi connectivity index (χ3n) is 5.60. The second kappa shape index (κ2) is 7.67. The van der Waals surface area contributed by atoms with Crippen LogP contribution in [0.3, 0.4) is 0 Å². The molecule has 0 amide bonds. The van der Waals surface area contributed by atoms with Crippen molar-refractivity contribution in [2.24, 2.45) is 0 Å². The molecule has 28 heavy (non-hydrogen) atoms. The molecule has 4 rings (SSSR count). The minimum atomic E-state index is -0.505. The lowest BCUT2D eigenvalue weighted by molar-refractivity contribution is -0.0846. The summed E-state index contributed by atoms with van der Waals surface area (Å²) in [7, 11) is 1.64. The van der Waals surface area contributed by atoms with Crippen LogP contribution in [0.25, 0.3) is 0 Å². The number of nitrogens with one attached hydrogen (secondary N) is 1. The Balaban J connectivity index is 1.75. The average molecular weight is 467 g/mol. The number of ether oxygens (including phenoxy) is 2. The maximum atomic E-state index is 10.2. The molecule has 1 aromatic rings. The number of thiocarbonyl (C=S) groups is 1. The molecule has 0 saturated heterocycles.